The monoisotopic (exact) mass is 295 g/mol. The Morgan fingerprint density at radius 2 is 2.15 bits per heavy atom. The number of hydrogen-bond donors (Lipinski definition) is 1. The number of rotatable bonds is 8. The van der Waals surface area contributed by atoms with Gasteiger partial charge in [0.2, 0.25) is 5.91 Å². The lowest BCUT2D eigenvalue weighted by Crippen LogP contribution is -2.24. The highest BCUT2D eigenvalue weighted by Gasteiger charge is 2.22. The molecule has 0 radical (unpaired) electrons. The molecular formula is C15H21NO3S. The van der Waals surface area contributed by atoms with Gasteiger partial charge in [-0.25, -0.2) is 0 Å². The Morgan fingerprint density at radius 3 is 2.85 bits per heavy atom. The molecule has 0 saturated heterocycles. The first-order valence-corrected chi connectivity index (χ1v) is 8.65. The van der Waals surface area contributed by atoms with Crippen LogP contribution < -0.4 is 10.1 Å². The third-order valence-electron chi connectivity index (χ3n) is 3.24. The fourth-order valence-electron chi connectivity index (χ4n) is 1.80. The smallest absolute Gasteiger partial charge is 0.221 e. The molecule has 1 amide bonds. The summed E-state index contributed by atoms with van der Waals surface area (Å²) in [7, 11) is -0.926. The zero-order chi connectivity index (χ0) is 14.4. The fourth-order valence-corrected chi connectivity index (χ4v) is 2.27. The maximum absolute atomic E-state index is 11.6. The van der Waals surface area contributed by atoms with Crippen molar-refractivity contribution in [1.29, 1.82) is 0 Å². The van der Waals surface area contributed by atoms with Crippen molar-refractivity contribution in [3.05, 3.63) is 29.8 Å². The summed E-state index contributed by atoms with van der Waals surface area (Å²) in [6.45, 7) is 1.22. The maximum atomic E-state index is 11.6. The lowest BCUT2D eigenvalue weighted by molar-refractivity contribution is -0.120. The molecule has 1 N–H and O–H groups in total. The van der Waals surface area contributed by atoms with Crippen LogP contribution in [0.25, 0.3) is 0 Å². The summed E-state index contributed by atoms with van der Waals surface area (Å²) < 4.78 is 16.7. The van der Waals surface area contributed by atoms with Crippen LogP contribution in [0.2, 0.25) is 0 Å². The van der Waals surface area contributed by atoms with E-state index in [1.165, 1.54) is 12.8 Å². The van der Waals surface area contributed by atoms with Crippen molar-refractivity contribution in [2.45, 2.75) is 25.8 Å². The number of amides is 1. The minimum absolute atomic E-state index is 0.0720. The molecule has 1 saturated carbocycles. The van der Waals surface area contributed by atoms with Crippen LogP contribution >= 0.6 is 0 Å². The predicted octanol–water partition coefficient (Wildman–Crippen LogP) is 1.86. The average Bonchev–Trinajstić information content (AvgIpc) is 3.25. The fraction of sp³-hybridized carbons (Fsp3) is 0.533. The van der Waals surface area contributed by atoms with E-state index < -0.39 is 10.8 Å². The molecule has 1 aromatic rings. The second-order valence-electron chi connectivity index (χ2n) is 5.17. The van der Waals surface area contributed by atoms with Crippen molar-refractivity contribution in [1.82, 2.24) is 5.32 Å². The second-order valence-corrected chi connectivity index (χ2v) is 6.72. The van der Waals surface area contributed by atoms with Gasteiger partial charge in [-0.15, -0.1) is 0 Å². The molecule has 1 aliphatic carbocycles. The Labute approximate surface area is 122 Å². The lowest BCUT2D eigenvalue weighted by atomic mass is 10.2. The van der Waals surface area contributed by atoms with Gasteiger partial charge in [0.1, 0.15) is 5.75 Å². The molecule has 1 atom stereocenters. The van der Waals surface area contributed by atoms with E-state index in [-0.39, 0.29) is 5.91 Å². The Morgan fingerprint density at radius 1 is 1.40 bits per heavy atom. The maximum Gasteiger partial charge on any atom is 0.221 e. The zero-order valence-corrected chi connectivity index (χ0v) is 12.6. The van der Waals surface area contributed by atoms with E-state index in [9.17, 15) is 9.00 Å². The first kappa shape index (κ1) is 15.0. The molecule has 4 nitrogen and oxygen atoms in total. The van der Waals surface area contributed by atoms with Crippen LogP contribution in [0.3, 0.4) is 0 Å². The third-order valence-corrected chi connectivity index (χ3v) is 4.02. The van der Waals surface area contributed by atoms with Gasteiger partial charge in [0.15, 0.2) is 0 Å². The standard InChI is InChI=1S/C15H21NO3S/c1-20(18)9-8-15(17)16-10-13-4-2-3-5-14(13)19-11-12-6-7-12/h2-5,12H,6-11H2,1H3,(H,16,17). The van der Waals surface area contributed by atoms with Crippen molar-refractivity contribution in [2.75, 3.05) is 18.6 Å². The van der Waals surface area contributed by atoms with Gasteiger partial charge < -0.3 is 10.1 Å². The molecule has 20 heavy (non-hydrogen) atoms. The Balaban J connectivity index is 1.81. The molecule has 1 unspecified atom stereocenters. The molecule has 1 fully saturated rings. The van der Waals surface area contributed by atoms with Crippen molar-refractivity contribution in [2.24, 2.45) is 5.92 Å². The zero-order valence-electron chi connectivity index (χ0n) is 11.8. The summed E-state index contributed by atoms with van der Waals surface area (Å²) in [6.07, 6.45) is 4.42. The molecule has 0 heterocycles. The third kappa shape index (κ3) is 5.33. The average molecular weight is 295 g/mol. The summed E-state index contributed by atoms with van der Waals surface area (Å²) >= 11 is 0. The van der Waals surface area contributed by atoms with Crippen LogP contribution in [0.4, 0.5) is 0 Å². The highest BCUT2D eigenvalue weighted by Crippen LogP contribution is 2.30. The topological polar surface area (TPSA) is 55.4 Å². The highest BCUT2D eigenvalue weighted by molar-refractivity contribution is 7.84. The molecule has 110 valence electrons. The van der Waals surface area contributed by atoms with Crippen LogP contribution in [-0.4, -0.2) is 28.7 Å². The molecule has 1 aromatic carbocycles. The molecule has 5 heteroatoms. The number of nitrogens with one attached hydrogen (secondary N) is 1. The molecular weight excluding hydrogens is 274 g/mol. The van der Waals surface area contributed by atoms with E-state index in [2.05, 4.69) is 5.32 Å². The normalized spacial score (nSPS) is 15.7. The number of para-hydroxylation sites is 1. The van der Waals surface area contributed by atoms with Gasteiger partial charge in [-0.05, 0) is 24.8 Å². The van der Waals surface area contributed by atoms with E-state index in [0.717, 1.165) is 17.9 Å². The van der Waals surface area contributed by atoms with Crippen LogP contribution in [0.15, 0.2) is 24.3 Å². The van der Waals surface area contributed by atoms with Crippen LogP contribution in [0.1, 0.15) is 24.8 Å². The minimum atomic E-state index is -0.926. The second kappa shape index (κ2) is 7.43. The Kier molecular flexibility index (Phi) is 5.59. The van der Waals surface area contributed by atoms with Crippen LogP contribution in [-0.2, 0) is 22.1 Å². The lowest BCUT2D eigenvalue weighted by Gasteiger charge is -2.11. The van der Waals surface area contributed by atoms with Crippen molar-refractivity contribution in [3.63, 3.8) is 0 Å². The van der Waals surface area contributed by atoms with Gasteiger partial charge in [-0.3, -0.25) is 9.00 Å². The summed E-state index contributed by atoms with van der Waals surface area (Å²) in [4.78, 5) is 11.6. The summed E-state index contributed by atoms with van der Waals surface area (Å²) in [5, 5.41) is 2.84. The largest absolute Gasteiger partial charge is 0.493 e. The van der Waals surface area contributed by atoms with Crippen LogP contribution in [0, 0.1) is 5.92 Å². The van der Waals surface area contributed by atoms with Gasteiger partial charge in [-0.1, -0.05) is 18.2 Å². The van der Waals surface area contributed by atoms with E-state index >= 15 is 0 Å². The molecule has 1 aliphatic rings. The highest BCUT2D eigenvalue weighted by atomic mass is 32.2. The first-order valence-electron chi connectivity index (χ1n) is 6.92. The van der Waals surface area contributed by atoms with Crippen molar-refractivity contribution in [3.8, 4) is 5.75 Å². The number of ether oxygens (including phenoxy) is 1. The van der Waals surface area contributed by atoms with Crippen LogP contribution in [0.5, 0.6) is 5.75 Å². The minimum Gasteiger partial charge on any atom is -0.493 e. The van der Waals surface area contributed by atoms with Gasteiger partial charge in [-0.2, -0.15) is 0 Å². The first-order chi connectivity index (χ1) is 9.65. The number of benzene rings is 1. The van der Waals surface area contributed by atoms with Gasteiger partial charge >= 0.3 is 0 Å². The molecule has 0 bridgehead atoms. The number of carbonyl (C=O) groups is 1. The molecule has 2 rings (SSSR count). The molecule has 0 aliphatic heterocycles. The van der Waals surface area contributed by atoms with Crippen molar-refractivity contribution >= 4 is 16.7 Å². The Hall–Kier alpha value is -1.36. The molecule has 0 aromatic heterocycles. The predicted molar refractivity (Wildman–Crippen MR) is 80.1 cm³/mol. The quantitative estimate of drug-likeness (QED) is 0.796. The van der Waals surface area contributed by atoms with E-state index in [1.54, 1.807) is 6.26 Å². The van der Waals surface area contributed by atoms with E-state index in [4.69, 9.17) is 4.74 Å². The number of hydrogen-bond acceptors (Lipinski definition) is 3. The van der Waals surface area contributed by atoms with E-state index in [0.29, 0.717) is 24.6 Å². The summed E-state index contributed by atoms with van der Waals surface area (Å²) in [6, 6.07) is 7.77. The van der Waals surface area contributed by atoms with Gasteiger partial charge in [0, 0.05) is 41.3 Å². The van der Waals surface area contributed by atoms with Crippen molar-refractivity contribution < 1.29 is 13.7 Å². The van der Waals surface area contributed by atoms with Gasteiger partial charge in [0.05, 0.1) is 6.61 Å². The summed E-state index contributed by atoms with van der Waals surface area (Å²) in [5.41, 5.74) is 0.985. The van der Waals surface area contributed by atoms with Gasteiger partial charge in [0.25, 0.3) is 0 Å². The van der Waals surface area contributed by atoms with E-state index in [1.807, 2.05) is 24.3 Å². The SMILES string of the molecule is CS(=O)CCC(=O)NCc1ccccc1OCC1CC1. The number of carbonyl (C=O) groups excluding carboxylic acids is 1. The molecule has 0 spiro atoms. The summed E-state index contributed by atoms with van der Waals surface area (Å²) in [5.74, 6) is 1.89. The Bertz CT molecular complexity index is 486.